The van der Waals surface area contributed by atoms with Crippen LogP contribution in [0.25, 0.3) is 11.4 Å². The molecule has 4 rings (SSSR count). The molecule has 0 spiro atoms. The summed E-state index contributed by atoms with van der Waals surface area (Å²) < 4.78 is 60.0. The first-order valence-corrected chi connectivity index (χ1v) is 10.2. The highest BCUT2D eigenvalue weighted by Crippen LogP contribution is 2.33. The third-order valence-corrected chi connectivity index (χ3v) is 5.97. The van der Waals surface area contributed by atoms with Crippen LogP contribution in [0.5, 0.6) is 0 Å². The first-order valence-electron chi connectivity index (χ1n) is 10.2. The van der Waals surface area contributed by atoms with Crippen molar-refractivity contribution in [3.05, 3.63) is 29.8 Å². The van der Waals surface area contributed by atoms with Gasteiger partial charge in [0.05, 0.1) is 18.9 Å². The lowest BCUT2D eigenvalue weighted by Crippen LogP contribution is -2.45. The van der Waals surface area contributed by atoms with E-state index in [1.54, 1.807) is 10.9 Å². The van der Waals surface area contributed by atoms with E-state index in [4.69, 9.17) is 10.5 Å². The zero-order valence-electron chi connectivity index (χ0n) is 16.5. The zero-order chi connectivity index (χ0) is 21.3. The normalized spacial score (nSPS) is 23.6. The van der Waals surface area contributed by atoms with E-state index in [2.05, 4.69) is 15.0 Å². The second kappa shape index (κ2) is 8.50. The molecule has 2 N–H and O–H groups in total. The number of nitrogens with zero attached hydrogens (tertiary/aromatic N) is 4. The van der Waals surface area contributed by atoms with Crippen LogP contribution in [0.3, 0.4) is 0 Å². The van der Waals surface area contributed by atoms with Crippen molar-refractivity contribution in [2.24, 2.45) is 5.92 Å². The minimum atomic E-state index is -4.67. The Bertz CT molecular complexity index is 871. The fourth-order valence-electron chi connectivity index (χ4n) is 4.38. The van der Waals surface area contributed by atoms with E-state index in [9.17, 15) is 17.6 Å². The maximum absolute atomic E-state index is 14.2. The summed E-state index contributed by atoms with van der Waals surface area (Å²) in [6.07, 6.45) is 1.14. The number of rotatable bonds is 4. The van der Waals surface area contributed by atoms with E-state index in [0.29, 0.717) is 24.6 Å². The smallest absolute Gasteiger partial charge is 0.396 e. The monoisotopic (exact) mass is 427 g/mol. The summed E-state index contributed by atoms with van der Waals surface area (Å²) in [4.78, 5) is 5.92. The molecule has 2 fully saturated rings. The average molecular weight is 427 g/mol. The van der Waals surface area contributed by atoms with Crippen LogP contribution in [0.1, 0.15) is 31.4 Å². The standard InChI is InChI=1S/C20H25F4N5O/c21-15-5-6-17(20(22,23)24)26-18(15)19-16(25)12-29(27-19)11-13-1-3-14(4-2-13)28-7-9-30-10-8-28/h5-6,12-14H,1-4,7-11,25H2. The molecule has 0 amide bonds. The maximum Gasteiger partial charge on any atom is 0.433 e. The molecule has 2 aromatic rings. The summed E-state index contributed by atoms with van der Waals surface area (Å²) in [5, 5.41) is 4.26. The summed E-state index contributed by atoms with van der Waals surface area (Å²) in [6, 6.07) is 1.93. The SMILES string of the molecule is Nc1cn(CC2CCC(N3CCOCC3)CC2)nc1-c1nc(C(F)(F)F)ccc1F. The Morgan fingerprint density at radius 3 is 2.43 bits per heavy atom. The largest absolute Gasteiger partial charge is 0.433 e. The quantitative estimate of drug-likeness (QED) is 0.756. The third kappa shape index (κ3) is 4.59. The zero-order valence-corrected chi connectivity index (χ0v) is 16.5. The Hall–Kier alpha value is -2.20. The molecule has 1 aliphatic heterocycles. The summed E-state index contributed by atoms with van der Waals surface area (Å²) in [7, 11) is 0. The molecule has 0 unspecified atom stereocenters. The molecular formula is C20H25F4N5O. The van der Waals surface area contributed by atoms with E-state index in [-0.39, 0.29) is 11.4 Å². The topological polar surface area (TPSA) is 69.2 Å². The molecule has 1 aliphatic carbocycles. The number of nitrogen functional groups attached to an aromatic ring is 1. The Morgan fingerprint density at radius 1 is 1.07 bits per heavy atom. The molecule has 30 heavy (non-hydrogen) atoms. The first-order chi connectivity index (χ1) is 14.3. The summed E-state index contributed by atoms with van der Waals surface area (Å²) in [6.45, 7) is 4.12. The highest BCUT2D eigenvalue weighted by Gasteiger charge is 2.34. The maximum atomic E-state index is 14.2. The van der Waals surface area contributed by atoms with Crippen molar-refractivity contribution in [2.75, 3.05) is 32.0 Å². The molecule has 0 aromatic carbocycles. The van der Waals surface area contributed by atoms with Gasteiger partial charge in [-0.15, -0.1) is 0 Å². The Morgan fingerprint density at radius 2 is 1.77 bits per heavy atom. The van der Waals surface area contributed by atoms with Crippen molar-refractivity contribution < 1.29 is 22.3 Å². The number of alkyl halides is 3. The molecule has 6 nitrogen and oxygen atoms in total. The van der Waals surface area contributed by atoms with E-state index in [1.165, 1.54) is 0 Å². The second-order valence-electron chi connectivity index (χ2n) is 8.00. The average Bonchev–Trinajstić information content (AvgIpc) is 3.08. The lowest BCUT2D eigenvalue weighted by molar-refractivity contribution is -0.141. The van der Waals surface area contributed by atoms with Crippen LogP contribution in [0.15, 0.2) is 18.3 Å². The number of hydrogen-bond donors (Lipinski definition) is 1. The minimum absolute atomic E-state index is 0.0550. The predicted octanol–water partition coefficient (Wildman–Crippen LogP) is 3.58. The van der Waals surface area contributed by atoms with Crippen molar-refractivity contribution in [3.8, 4) is 11.4 Å². The van der Waals surface area contributed by atoms with Gasteiger partial charge in [-0.1, -0.05) is 0 Å². The molecule has 3 heterocycles. The number of nitrogens with two attached hydrogens (primary N) is 1. The van der Waals surface area contributed by atoms with E-state index in [1.807, 2.05) is 0 Å². The van der Waals surface area contributed by atoms with Gasteiger partial charge in [-0.2, -0.15) is 18.3 Å². The van der Waals surface area contributed by atoms with Gasteiger partial charge in [0.1, 0.15) is 17.1 Å². The summed E-state index contributed by atoms with van der Waals surface area (Å²) in [5.74, 6) is -0.486. The van der Waals surface area contributed by atoms with Crippen LogP contribution >= 0.6 is 0 Å². The minimum Gasteiger partial charge on any atom is -0.396 e. The number of halogens is 4. The van der Waals surface area contributed by atoms with Gasteiger partial charge in [0, 0.05) is 31.9 Å². The van der Waals surface area contributed by atoms with Gasteiger partial charge in [0.25, 0.3) is 0 Å². The highest BCUT2D eigenvalue weighted by atomic mass is 19.4. The number of pyridine rings is 1. The van der Waals surface area contributed by atoms with Gasteiger partial charge in [-0.05, 0) is 43.7 Å². The van der Waals surface area contributed by atoms with Crippen LogP contribution in [0.4, 0.5) is 23.2 Å². The summed E-state index contributed by atoms with van der Waals surface area (Å²) >= 11 is 0. The molecule has 164 valence electrons. The molecule has 0 radical (unpaired) electrons. The van der Waals surface area contributed by atoms with Crippen molar-refractivity contribution in [1.82, 2.24) is 19.7 Å². The molecule has 1 saturated carbocycles. The Labute approximate surface area is 172 Å². The van der Waals surface area contributed by atoms with Gasteiger partial charge in [-0.25, -0.2) is 9.37 Å². The van der Waals surface area contributed by atoms with Crippen molar-refractivity contribution >= 4 is 5.69 Å². The molecule has 2 aliphatic rings. The van der Waals surface area contributed by atoms with E-state index in [0.717, 1.165) is 58.1 Å². The lowest BCUT2D eigenvalue weighted by Gasteiger charge is -2.38. The number of ether oxygens (including phenoxy) is 1. The van der Waals surface area contributed by atoms with Gasteiger partial charge < -0.3 is 10.5 Å². The molecule has 0 atom stereocenters. The first kappa shape index (κ1) is 21.0. The third-order valence-electron chi connectivity index (χ3n) is 5.97. The molecular weight excluding hydrogens is 402 g/mol. The number of anilines is 1. The van der Waals surface area contributed by atoms with Gasteiger partial charge in [-0.3, -0.25) is 9.58 Å². The molecule has 10 heteroatoms. The van der Waals surface area contributed by atoms with Gasteiger partial charge >= 0.3 is 6.18 Å². The highest BCUT2D eigenvalue weighted by molar-refractivity contribution is 5.69. The van der Waals surface area contributed by atoms with Gasteiger partial charge in [0.15, 0.2) is 5.82 Å². The summed E-state index contributed by atoms with van der Waals surface area (Å²) in [5.41, 5.74) is 4.35. The fraction of sp³-hybridized carbons (Fsp3) is 0.600. The molecule has 2 aromatic heterocycles. The van der Waals surface area contributed by atoms with Crippen molar-refractivity contribution in [2.45, 2.75) is 44.4 Å². The fourth-order valence-corrected chi connectivity index (χ4v) is 4.38. The Kier molecular flexibility index (Phi) is 5.97. The van der Waals surface area contributed by atoms with E-state index >= 15 is 0 Å². The molecule has 1 saturated heterocycles. The Balaban J connectivity index is 1.43. The van der Waals surface area contributed by atoms with Crippen LogP contribution < -0.4 is 5.73 Å². The van der Waals surface area contributed by atoms with Crippen molar-refractivity contribution in [3.63, 3.8) is 0 Å². The van der Waals surface area contributed by atoms with Crippen molar-refractivity contribution in [1.29, 1.82) is 0 Å². The number of aromatic nitrogens is 3. The predicted molar refractivity (Wildman–Crippen MR) is 103 cm³/mol. The van der Waals surface area contributed by atoms with Crippen LogP contribution in [-0.2, 0) is 17.5 Å². The van der Waals surface area contributed by atoms with Gasteiger partial charge in [0.2, 0.25) is 0 Å². The van der Waals surface area contributed by atoms with Crippen LogP contribution in [-0.4, -0.2) is 52.0 Å². The number of hydrogen-bond acceptors (Lipinski definition) is 5. The van der Waals surface area contributed by atoms with Crippen LogP contribution in [0.2, 0.25) is 0 Å². The number of morpholine rings is 1. The van der Waals surface area contributed by atoms with Crippen LogP contribution in [0, 0.1) is 11.7 Å². The lowest BCUT2D eigenvalue weighted by atomic mass is 9.85. The molecule has 0 bridgehead atoms. The second-order valence-corrected chi connectivity index (χ2v) is 8.00. The van der Waals surface area contributed by atoms with E-state index < -0.39 is 23.4 Å².